The molecule has 1 saturated heterocycles. The first-order valence-corrected chi connectivity index (χ1v) is 6.06. The average molecular weight is 270 g/mol. The van der Waals surface area contributed by atoms with Crippen LogP contribution < -0.4 is 0 Å². The molecule has 0 unspecified atom stereocenters. The molecule has 7 nitrogen and oxygen atoms in total. The Morgan fingerprint density at radius 3 is 2.53 bits per heavy atom. The van der Waals surface area contributed by atoms with E-state index in [1.807, 2.05) is 20.8 Å². The predicted octanol–water partition coefficient (Wildman–Crippen LogP) is 0.925. The molecule has 1 fully saturated rings. The van der Waals surface area contributed by atoms with Crippen LogP contribution in [0.3, 0.4) is 0 Å². The quantitative estimate of drug-likeness (QED) is 0.662. The van der Waals surface area contributed by atoms with E-state index in [0.29, 0.717) is 19.5 Å². The van der Waals surface area contributed by atoms with Gasteiger partial charge >= 0.3 is 12.1 Å². The van der Waals surface area contributed by atoms with Crippen molar-refractivity contribution in [1.29, 1.82) is 0 Å². The van der Waals surface area contributed by atoms with Gasteiger partial charge in [-0.1, -0.05) is 5.16 Å². The number of methoxy groups -OCH3 is 1. The fourth-order valence-electron chi connectivity index (χ4n) is 2.02. The summed E-state index contributed by atoms with van der Waals surface area (Å²) in [6.07, 6.45) is -0.0212. The Morgan fingerprint density at radius 2 is 2.00 bits per heavy atom. The molecular formula is C12H18N2O5. The van der Waals surface area contributed by atoms with Gasteiger partial charge in [-0.25, -0.2) is 9.59 Å². The summed E-state index contributed by atoms with van der Waals surface area (Å²) in [5.74, 6) is -0.493. The number of hydrogen-bond donors (Lipinski definition) is 0. The molecule has 0 aliphatic carbocycles. The van der Waals surface area contributed by atoms with Crippen LogP contribution in [0.25, 0.3) is 0 Å². The summed E-state index contributed by atoms with van der Waals surface area (Å²) in [4.78, 5) is 29.9. The molecule has 19 heavy (non-hydrogen) atoms. The van der Waals surface area contributed by atoms with Crippen LogP contribution in [-0.2, 0) is 19.1 Å². The van der Waals surface area contributed by atoms with Crippen LogP contribution >= 0.6 is 0 Å². The van der Waals surface area contributed by atoms with Crippen molar-refractivity contribution in [1.82, 2.24) is 4.90 Å². The highest BCUT2D eigenvalue weighted by atomic mass is 16.7. The van der Waals surface area contributed by atoms with E-state index in [9.17, 15) is 9.59 Å². The maximum Gasteiger partial charge on any atom is 0.410 e. The molecule has 106 valence electrons. The Balaban J connectivity index is 1.85. The SMILES string of the molecule is COC(=O)C1=NOC2(C1)CN(C(=O)OC(C)(C)C)C2. The Labute approximate surface area is 111 Å². The van der Waals surface area contributed by atoms with Crippen molar-refractivity contribution in [2.75, 3.05) is 20.2 Å². The molecule has 0 radical (unpaired) electrons. The van der Waals surface area contributed by atoms with E-state index in [0.717, 1.165) is 0 Å². The van der Waals surface area contributed by atoms with Gasteiger partial charge in [-0.15, -0.1) is 0 Å². The van der Waals surface area contributed by atoms with Crippen LogP contribution in [0.15, 0.2) is 5.16 Å². The van der Waals surface area contributed by atoms with E-state index in [1.165, 1.54) is 12.0 Å². The zero-order valence-electron chi connectivity index (χ0n) is 11.6. The van der Waals surface area contributed by atoms with Gasteiger partial charge < -0.3 is 14.3 Å². The van der Waals surface area contributed by atoms with E-state index in [4.69, 9.17) is 9.57 Å². The maximum atomic E-state index is 11.8. The molecule has 0 saturated carbocycles. The predicted molar refractivity (Wildman–Crippen MR) is 65.7 cm³/mol. The van der Waals surface area contributed by atoms with Gasteiger partial charge in [0.05, 0.1) is 20.2 Å². The molecule has 0 aromatic rings. The lowest BCUT2D eigenvalue weighted by Gasteiger charge is -2.45. The van der Waals surface area contributed by atoms with Gasteiger partial charge in [0, 0.05) is 6.42 Å². The zero-order chi connectivity index (χ0) is 14.3. The zero-order valence-corrected chi connectivity index (χ0v) is 11.6. The van der Waals surface area contributed by atoms with E-state index in [-0.39, 0.29) is 11.8 Å². The molecule has 1 spiro atoms. The second kappa shape index (κ2) is 4.40. The number of amides is 1. The Bertz CT molecular complexity index is 432. The topological polar surface area (TPSA) is 77.4 Å². The molecule has 2 aliphatic rings. The van der Waals surface area contributed by atoms with Crippen LogP contribution in [0, 0.1) is 0 Å². The van der Waals surface area contributed by atoms with E-state index in [1.54, 1.807) is 0 Å². The molecule has 2 heterocycles. The van der Waals surface area contributed by atoms with Gasteiger partial charge in [0.1, 0.15) is 5.60 Å². The lowest BCUT2D eigenvalue weighted by Crippen LogP contribution is -2.64. The number of nitrogens with zero attached hydrogens (tertiary/aromatic N) is 2. The summed E-state index contributed by atoms with van der Waals surface area (Å²) < 4.78 is 9.82. The summed E-state index contributed by atoms with van der Waals surface area (Å²) >= 11 is 0. The number of carbonyl (C=O) groups is 2. The van der Waals surface area contributed by atoms with Crippen LogP contribution in [-0.4, -0.2) is 54.1 Å². The normalized spacial score (nSPS) is 20.4. The third kappa shape index (κ3) is 2.80. The van der Waals surface area contributed by atoms with Crippen molar-refractivity contribution >= 4 is 17.8 Å². The van der Waals surface area contributed by atoms with E-state index in [2.05, 4.69) is 9.89 Å². The molecule has 1 amide bonds. The summed E-state index contributed by atoms with van der Waals surface area (Å²) in [6, 6.07) is 0. The molecule has 0 atom stereocenters. The van der Waals surface area contributed by atoms with Crippen molar-refractivity contribution in [3.8, 4) is 0 Å². The van der Waals surface area contributed by atoms with Crippen molar-refractivity contribution in [3.05, 3.63) is 0 Å². The number of oxime groups is 1. The minimum absolute atomic E-state index is 0.256. The highest BCUT2D eigenvalue weighted by molar-refractivity contribution is 6.36. The van der Waals surface area contributed by atoms with Gasteiger partial charge in [-0.05, 0) is 20.8 Å². The van der Waals surface area contributed by atoms with Crippen molar-refractivity contribution < 1.29 is 23.9 Å². The highest BCUT2D eigenvalue weighted by Gasteiger charge is 2.53. The van der Waals surface area contributed by atoms with Crippen LogP contribution in [0.1, 0.15) is 27.2 Å². The average Bonchev–Trinajstić information content (AvgIpc) is 2.68. The minimum Gasteiger partial charge on any atom is -0.464 e. The lowest BCUT2D eigenvalue weighted by atomic mass is 9.89. The number of carbonyl (C=O) groups excluding carboxylic acids is 2. The maximum absolute atomic E-state index is 11.8. The number of rotatable bonds is 1. The van der Waals surface area contributed by atoms with Gasteiger partial charge in [-0.3, -0.25) is 4.90 Å². The highest BCUT2D eigenvalue weighted by Crippen LogP contribution is 2.34. The van der Waals surface area contributed by atoms with Gasteiger partial charge in [0.15, 0.2) is 11.3 Å². The van der Waals surface area contributed by atoms with Gasteiger partial charge in [0.25, 0.3) is 0 Å². The number of esters is 1. The largest absolute Gasteiger partial charge is 0.464 e. The van der Waals surface area contributed by atoms with Gasteiger partial charge in [-0.2, -0.15) is 0 Å². The van der Waals surface area contributed by atoms with Crippen molar-refractivity contribution in [2.24, 2.45) is 5.16 Å². The standard InChI is InChI=1S/C12H18N2O5/c1-11(2,3)18-10(16)14-6-12(7-14)5-8(13-19-12)9(15)17-4/h5-7H2,1-4H3. The van der Waals surface area contributed by atoms with Gasteiger partial charge in [0.2, 0.25) is 0 Å². The molecule has 0 aromatic carbocycles. The summed E-state index contributed by atoms with van der Waals surface area (Å²) in [5, 5.41) is 3.71. The third-order valence-corrected chi connectivity index (χ3v) is 2.87. The minimum atomic E-state index is -0.583. The molecular weight excluding hydrogens is 252 g/mol. The lowest BCUT2D eigenvalue weighted by molar-refractivity contribution is -0.132. The first-order valence-electron chi connectivity index (χ1n) is 6.06. The van der Waals surface area contributed by atoms with Crippen molar-refractivity contribution in [2.45, 2.75) is 38.4 Å². The van der Waals surface area contributed by atoms with Crippen LogP contribution in [0.4, 0.5) is 4.79 Å². The first kappa shape index (κ1) is 13.6. The Hall–Kier alpha value is -1.79. The summed E-state index contributed by atoms with van der Waals surface area (Å²) in [7, 11) is 1.30. The van der Waals surface area contributed by atoms with Crippen molar-refractivity contribution in [3.63, 3.8) is 0 Å². The molecule has 0 aromatic heterocycles. The number of ether oxygens (including phenoxy) is 2. The number of hydrogen-bond acceptors (Lipinski definition) is 6. The fraction of sp³-hybridized carbons (Fsp3) is 0.750. The summed E-state index contributed by atoms with van der Waals surface area (Å²) in [5.41, 5.74) is -0.851. The van der Waals surface area contributed by atoms with E-state index < -0.39 is 17.2 Å². The Kier molecular flexibility index (Phi) is 3.15. The Morgan fingerprint density at radius 1 is 1.37 bits per heavy atom. The smallest absolute Gasteiger partial charge is 0.410 e. The summed E-state index contributed by atoms with van der Waals surface area (Å²) in [6.45, 7) is 6.17. The third-order valence-electron chi connectivity index (χ3n) is 2.87. The molecule has 0 N–H and O–H groups in total. The fourth-order valence-corrected chi connectivity index (χ4v) is 2.02. The molecule has 7 heteroatoms. The van der Waals surface area contributed by atoms with Crippen LogP contribution in [0.5, 0.6) is 0 Å². The van der Waals surface area contributed by atoms with Crippen LogP contribution in [0.2, 0.25) is 0 Å². The first-order chi connectivity index (χ1) is 8.75. The monoisotopic (exact) mass is 270 g/mol. The second-order valence-electron chi connectivity index (χ2n) is 5.82. The second-order valence-corrected chi connectivity index (χ2v) is 5.82. The number of likely N-dealkylation sites (tertiary alicyclic amines) is 1. The van der Waals surface area contributed by atoms with E-state index >= 15 is 0 Å². The molecule has 0 bridgehead atoms. The molecule has 2 rings (SSSR count). The molecule has 2 aliphatic heterocycles.